The van der Waals surface area contributed by atoms with E-state index in [0.29, 0.717) is 31.4 Å². The summed E-state index contributed by atoms with van der Waals surface area (Å²) in [5, 5.41) is 9.20. The van der Waals surface area contributed by atoms with Crippen molar-refractivity contribution in [1.29, 1.82) is 0 Å². The number of phenolic OH excluding ortho intramolecular Hbond substituents is 1. The molecule has 6 nitrogen and oxygen atoms in total. The third kappa shape index (κ3) is 5.01. The van der Waals surface area contributed by atoms with Gasteiger partial charge in [-0.3, -0.25) is 0 Å². The number of hydrogen-bond donors (Lipinski definition) is 1. The first kappa shape index (κ1) is 20.6. The molecule has 0 unspecified atom stereocenters. The average Bonchev–Trinajstić information content (AvgIpc) is 2.69. The molecule has 0 heterocycles. The highest BCUT2D eigenvalue weighted by molar-refractivity contribution is 5.90. The predicted molar refractivity (Wildman–Crippen MR) is 97.9 cm³/mol. The molecule has 0 atom stereocenters. The number of rotatable bonds is 5. The molecule has 1 fully saturated rings. The van der Waals surface area contributed by atoms with E-state index >= 15 is 0 Å². The molecule has 154 valence electrons. The van der Waals surface area contributed by atoms with Gasteiger partial charge in [-0.15, -0.1) is 0 Å². The quantitative estimate of drug-likeness (QED) is 0.756. The summed E-state index contributed by atoms with van der Waals surface area (Å²) in [6.45, 7) is 0. The first-order valence-electron chi connectivity index (χ1n) is 9.11. The zero-order valence-electron chi connectivity index (χ0n) is 15.7. The molecule has 29 heavy (non-hydrogen) atoms. The van der Waals surface area contributed by atoms with Crippen molar-refractivity contribution >= 4 is 11.9 Å². The van der Waals surface area contributed by atoms with Gasteiger partial charge in [0.2, 0.25) is 0 Å². The Hall–Kier alpha value is -3.16. The third-order valence-electron chi connectivity index (χ3n) is 4.74. The summed E-state index contributed by atoms with van der Waals surface area (Å²) in [6, 6.07) is 7.08. The number of benzene rings is 2. The highest BCUT2D eigenvalue weighted by Crippen LogP contribution is 2.27. The van der Waals surface area contributed by atoms with Crippen LogP contribution in [0.4, 0.5) is 8.78 Å². The van der Waals surface area contributed by atoms with Crippen molar-refractivity contribution in [3.63, 3.8) is 0 Å². The van der Waals surface area contributed by atoms with Gasteiger partial charge in [0.25, 0.3) is 0 Å². The molecule has 0 radical (unpaired) electrons. The Balaban J connectivity index is 1.51. The van der Waals surface area contributed by atoms with Crippen molar-refractivity contribution in [2.75, 3.05) is 7.11 Å². The average molecular weight is 406 g/mol. The van der Waals surface area contributed by atoms with Crippen LogP contribution in [0.25, 0.3) is 0 Å². The lowest BCUT2D eigenvalue weighted by Crippen LogP contribution is -2.30. The van der Waals surface area contributed by atoms with E-state index in [1.807, 2.05) is 0 Å². The van der Waals surface area contributed by atoms with Gasteiger partial charge in [-0.2, -0.15) is 0 Å². The number of aromatic hydroxyl groups is 1. The van der Waals surface area contributed by atoms with E-state index < -0.39 is 35.8 Å². The molecule has 3 rings (SSSR count). The number of ether oxygens (including phenoxy) is 3. The summed E-state index contributed by atoms with van der Waals surface area (Å²) in [5.74, 6) is -3.16. The summed E-state index contributed by atoms with van der Waals surface area (Å²) < 4.78 is 43.3. The largest absolute Gasteiger partial charge is 0.508 e. The number of phenols is 1. The zero-order chi connectivity index (χ0) is 21.0. The van der Waals surface area contributed by atoms with Crippen LogP contribution in [0.3, 0.4) is 0 Å². The van der Waals surface area contributed by atoms with Gasteiger partial charge in [0, 0.05) is 12.1 Å². The monoisotopic (exact) mass is 406 g/mol. The summed E-state index contributed by atoms with van der Waals surface area (Å²) in [4.78, 5) is 24.3. The Kier molecular flexibility index (Phi) is 6.31. The number of halogens is 2. The van der Waals surface area contributed by atoms with E-state index in [-0.39, 0.29) is 16.9 Å². The Labute approximate surface area is 166 Å². The molecule has 1 saturated carbocycles. The van der Waals surface area contributed by atoms with Gasteiger partial charge in [0.1, 0.15) is 35.3 Å². The molecule has 1 aliphatic rings. The van der Waals surface area contributed by atoms with E-state index in [1.54, 1.807) is 0 Å². The van der Waals surface area contributed by atoms with E-state index in [4.69, 9.17) is 14.2 Å². The van der Waals surface area contributed by atoms with Crippen LogP contribution in [-0.2, 0) is 9.47 Å². The summed E-state index contributed by atoms with van der Waals surface area (Å²) in [6.07, 6.45) is 0.842. The lowest BCUT2D eigenvalue weighted by Gasteiger charge is -2.28. The first-order chi connectivity index (χ1) is 13.9. The lowest BCUT2D eigenvalue weighted by molar-refractivity contribution is -0.0113. The number of carbonyl (C=O) groups excluding carboxylic acids is 2. The van der Waals surface area contributed by atoms with Crippen LogP contribution in [0.5, 0.6) is 11.5 Å². The van der Waals surface area contributed by atoms with E-state index in [0.717, 1.165) is 18.2 Å². The van der Waals surface area contributed by atoms with Crippen LogP contribution < -0.4 is 4.74 Å². The Morgan fingerprint density at radius 3 is 1.79 bits per heavy atom. The van der Waals surface area contributed by atoms with Crippen LogP contribution in [-0.4, -0.2) is 36.4 Å². The fourth-order valence-corrected chi connectivity index (χ4v) is 3.16. The van der Waals surface area contributed by atoms with E-state index in [1.165, 1.54) is 25.3 Å². The highest BCUT2D eigenvalue weighted by Gasteiger charge is 2.28. The fourth-order valence-electron chi connectivity index (χ4n) is 3.16. The first-order valence-corrected chi connectivity index (χ1v) is 9.11. The van der Waals surface area contributed by atoms with Crippen LogP contribution in [0.15, 0.2) is 36.4 Å². The second-order valence-electron chi connectivity index (χ2n) is 6.72. The van der Waals surface area contributed by atoms with Crippen molar-refractivity contribution in [1.82, 2.24) is 0 Å². The van der Waals surface area contributed by atoms with E-state index in [9.17, 15) is 23.5 Å². The topological polar surface area (TPSA) is 82.1 Å². The highest BCUT2D eigenvalue weighted by atomic mass is 19.1. The molecule has 0 amide bonds. The smallest absolute Gasteiger partial charge is 0.341 e. The van der Waals surface area contributed by atoms with Gasteiger partial charge in [-0.05, 0) is 49.9 Å². The predicted octanol–water partition coefficient (Wildman–Crippen LogP) is 4.00. The van der Waals surface area contributed by atoms with Crippen molar-refractivity contribution in [2.45, 2.75) is 37.9 Å². The van der Waals surface area contributed by atoms with Crippen molar-refractivity contribution in [3.8, 4) is 11.5 Å². The minimum Gasteiger partial charge on any atom is -0.508 e. The van der Waals surface area contributed by atoms with Crippen molar-refractivity contribution in [2.24, 2.45) is 0 Å². The third-order valence-corrected chi connectivity index (χ3v) is 4.74. The normalized spacial score (nSPS) is 18.7. The summed E-state index contributed by atoms with van der Waals surface area (Å²) in [7, 11) is 1.40. The minimum atomic E-state index is -0.862. The van der Waals surface area contributed by atoms with Crippen LogP contribution in [0, 0.1) is 11.6 Å². The molecule has 0 aliphatic heterocycles. The molecule has 0 spiro atoms. The summed E-state index contributed by atoms with van der Waals surface area (Å²) in [5.41, 5.74) is -0.437. The van der Waals surface area contributed by atoms with Crippen LogP contribution in [0.2, 0.25) is 0 Å². The van der Waals surface area contributed by atoms with Crippen LogP contribution in [0.1, 0.15) is 46.4 Å². The number of carbonyl (C=O) groups is 2. The standard InChI is InChI=1S/C21H20F2O6/c1-27-15-7-9-17(19(23)11-15)21(26)29-14-5-3-13(4-6-14)28-20(25)16-8-2-12(24)10-18(16)22/h2,7-11,13-14,24H,3-6H2,1H3. The van der Waals surface area contributed by atoms with Crippen molar-refractivity contribution < 1.29 is 37.7 Å². The maximum atomic E-state index is 14.0. The minimum absolute atomic E-state index is 0.179. The molecular formula is C21H20F2O6. The number of hydrogen-bond acceptors (Lipinski definition) is 6. The van der Waals surface area contributed by atoms with Gasteiger partial charge >= 0.3 is 11.9 Å². The van der Waals surface area contributed by atoms with Gasteiger partial charge in [-0.1, -0.05) is 0 Å². The Bertz CT molecular complexity index is 906. The van der Waals surface area contributed by atoms with Gasteiger partial charge in [-0.25, -0.2) is 18.4 Å². The van der Waals surface area contributed by atoms with Gasteiger partial charge in [0.05, 0.1) is 18.2 Å². The second kappa shape index (κ2) is 8.89. The second-order valence-corrected chi connectivity index (χ2v) is 6.72. The number of methoxy groups -OCH3 is 1. The molecule has 0 aromatic heterocycles. The Morgan fingerprint density at radius 1 is 0.862 bits per heavy atom. The zero-order valence-corrected chi connectivity index (χ0v) is 15.7. The molecule has 8 heteroatoms. The van der Waals surface area contributed by atoms with Gasteiger partial charge < -0.3 is 19.3 Å². The molecule has 2 aromatic rings. The Morgan fingerprint density at radius 2 is 1.34 bits per heavy atom. The molecule has 1 N–H and O–H groups in total. The molecule has 2 aromatic carbocycles. The summed E-state index contributed by atoms with van der Waals surface area (Å²) >= 11 is 0. The van der Waals surface area contributed by atoms with Crippen LogP contribution >= 0.6 is 0 Å². The molecule has 1 aliphatic carbocycles. The SMILES string of the molecule is COc1ccc(C(=O)OC2CCC(OC(=O)c3ccc(O)cc3F)CC2)c(F)c1. The molecular weight excluding hydrogens is 386 g/mol. The van der Waals surface area contributed by atoms with Gasteiger partial charge in [0.15, 0.2) is 0 Å². The fraction of sp³-hybridized carbons (Fsp3) is 0.333. The molecule has 0 saturated heterocycles. The van der Waals surface area contributed by atoms with Crippen molar-refractivity contribution in [3.05, 3.63) is 59.2 Å². The van der Waals surface area contributed by atoms with E-state index in [2.05, 4.69) is 0 Å². The number of esters is 2. The maximum absolute atomic E-state index is 14.0. The lowest BCUT2D eigenvalue weighted by atomic mass is 9.94. The maximum Gasteiger partial charge on any atom is 0.341 e. The molecule has 0 bridgehead atoms.